The topological polar surface area (TPSA) is 72.5 Å². The maximum absolute atomic E-state index is 12.5. The molecule has 0 heterocycles. The minimum absolute atomic E-state index is 0.107. The smallest absolute Gasteiger partial charge is 0.457 e. The van der Waals surface area contributed by atoms with Crippen molar-refractivity contribution >= 4 is 32.5 Å². The number of ether oxygens (including phenoxy) is 1. The fourth-order valence-corrected chi connectivity index (χ4v) is 3.01. The number of benzene rings is 3. The normalized spacial score (nSPS) is 12.0. The van der Waals surface area contributed by atoms with E-state index in [0.717, 1.165) is 5.56 Å². The van der Waals surface area contributed by atoms with Crippen molar-refractivity contribution in [2.24, 2.45) is 0 Å². The first kappa shape index (κ1) is 19.7. The molecule has 3 aromatic carbocycles. The maximum Gasteiger partial charge on any atom is 0.516 e. The molecule has 146 valence electrons. The lowest BCUT2D eigenvalue weighted by atomic mass is 10.1. The minimum Gasteiger partial charge on any atom is -0.457 e. The molecule has 0 bridgehead atoms. The Kier molecular flexibility index (Phi) is 5.28. The van der Waals surface area contributed by atoms with E-state index in [2.05, 4.69) is 0 Å². The monoisotopic (exact) mass is 409 g/mol. The zero-order valence-electron chi connectivity index (χ0n) is 14.2. The van der Waals surface area contributed by atoms with Gasteiger partial charge in [0.25, 0.3) is 0 Å². The van der Waals surface area contributed by atoms with E-state index in [0.29, 0.717) is 10.8 Å². The summed E-state index contributed by atoms with van der Waals surface area (Å²) in [7, 11) is -5.50. The van der Waals surface area contributed by atoms with E-state index >= 15 is 0 Å². The van der Waals surface area contributed by atoms with Gasteiger partial charge in [-0.05, 0) is 40.6 Å². The van der Waals surface area contributed by atoms with Gasteiger partial charge in [0, 0.05) is 5.69 Å². The van der Waals surface area contributed by atoms with Crippen LogP contribution in [0.4, 0.5) is 18.9 Å². The van der Waals surface area contributed by atoms with E-state index in [9.17, 15) is 26.4 Å². The molecule has 0 radical (unpaired) electrons. The number of anilines is 1. The van der Waals surface area contributed by atoms with Crippen LogP contribution in [0.15, 0.2) is 66.7 Å². The van der Waals surface area contributed by atoms with E-state index in [1.54, 1.807) is 0 Å². The third-order valence-electron chi connectivity index (χ3n) is 3.85. The summed E-state index contributed by atoms with van der Waals surface area (Å²) in [5.74, 6) is -0.549. The van der Waals surface area contributed by atoms with Gasteiger partial charge in [-0.1, -0.05) is 42.5 Å². The van der Waals surface area contributed by atoms with E-state index < -0.39 is 21.5 Å². The van der Waals surface area contributed by atoms with Crippen molar-refractivity contribution in [3.8, 4) is 0 Å². The molecule has 1 N–H and O–H groups in total. The van der Waals surface area contributed by atoms with Crippen molar-refractivity contribution < 1.29 is 31.1 Å². The predicted octanol–water partition coefficient (Wildman–Crippen LogP) is 4.46. The first-order valence-electron chi connectivity index (χ1n) is 8.00. The number of sulfonamides is 1. The average molecular weight is 409 g/mol. The molecule has 0 fully saturated rings. The molecule has 0 saturated carbocycles. The fourth-order valence-electron chi connectivity index (χ4n) is 2.46. The van der Waals surface area contributed by atoms with E-state index in [4.69, 9.17) is 4.74 Å². The molecule has 3 rings (SSSR count). The number of esters is 1. The van der Waals surface area contributed by atoms with E-state index in [-0.39, 0.29) is 17.9 Å². The Hall–Kier alpha value is -3.07. The number of carbonyl (C=O) groups is 1. The summed E-state index contributed by atoms with van der Waals surface area (Å²) in [4.78, 5) is 12.2. The van der Waals surface area contributed by atoms with Crippen LogP contribution in [0.3, 0.4) is 0 Å². The summed E-state index contributed by atoms with van der Waals surface area (Å²) in [5, 5.41) is 1.01. The number of fused-ring (bicyclic) bond motifs is 1. The van der Waals surface area contributed by atoms with Gasteiger partial charge in [0.15, 0.2) is 0 Å². The molecule has 9 heteroatoms. The molecule has 5 nitrogen and oxygen atoms in total. The van der Waals surface area contributed by atoms with Gasteiger partial charge in [0.05, 0.1) is 5.56 Å². The molecule has 0 atom stereocenters. The predicted molar refractivity (Wildman–Crippen MR) is 98.1 cm³/mol. The molecule has 0 aliphatic carbocycles. The van der Waals surface area contributed by atoms with Gasteiger partial charge in [-0.25, -0.2) is 4.79 Å². The molecular formula is C19H14F3NO4S. The van der Waals surface area contributed by atoms with Crippen LogP contribution in [0.5, 0.6) is 0 Å². The summed E-state index contributed by atoms with van der Waals surface area (Å²) in [6.07, 6.45) is 0. The number of hydrogen-bond acceptors (Lipinski definition) is 4. The van der Waals surface area contributed by atoms with Gasteiger partial charge in [0.2, 0.25) is 0 Å². The molecule has 0 aliphatic heterocycles. The lowest BCUT2D eigenvalue weighted by molar-refractivity contribution is -0.0429. The van der Waals surface area contributed by atoms with Crippen LogP contribution in [-0.2, 0) is 21.4 Å². The summed E-state index contributed by atoms with van der Waals surface area (Å²) < 4.78 is 66.5. The van der Waals surface area contributed by atoms with Crippen LogP contribution in [0, 0.1) is 0 Å². The molecule has 0 saturated heterocycles. The van der Waals surface area contributed by atoms with E-state index in [1.165, 1.54) is 41.1 Å². The summed E-state index contributed by atoms with van der Waals surface area (Å²) in [6.45, 7) is 0.107. The number of rotatable bonds is 5. The molecule has 0 spiro atoms. The second-order valence-electron chi connectivity index (χ2n) is 5.89. The Morgan fingerprint density at radius 3 is 2.25 bits per heavy atom. The van der Waals surface area contributed by atoms with Crippen molar-refractivity contribution in [1.29, 1.82) is 0 Å². The number of nitrogens with one attached hydrogen (secondary N) is 1. The van der Waals surface area contributed by atoms with Gasteiger partial charge in [-0.2, -0.15) is 21.6 Å². The Morgan fingerprint density at radius 1 is 0.929 bits per heavy atom. The Balaban J connectivity index is 1.76. The van der Waals surface area contributed by atoms with Gasteiger partial charge in [-0.3, -0.25) is 4.72 Å². The summed E-state index contributed by atoms with van der Waals surface area (Å²) in [5.41, 5.74) is -4.54. The second-order valence-corrected chi connectivity index (χ2v) is 7.56. The lowest BCUT2D eigenvalue weighted by Crippen LogP contribution is -2.29. The van der Waals surface area contributed by atoms with E-state index in [1.807, 2.05) is 30.3 Å². The Bertz CT molecular complexity index is 1110. The first-order chi connectivity index (χ1) is 13.2. The van der Waals surface area contributed by atoms with Gasteiger partial charge in [-0.15, -0.1) is 0 Å². The Morgan fingerprint density at radius 2 is 1.57 bits per heavy atom. The standard InChI is InChI=1S/C19H14F3NO4S/c20-19(21,22)28(25,26)23-17-9-8-14-10-16(7-6-15(14)11-17)18(24)27-12-13-4-2-1-3-5-13/h1-11,23H,12H2. The molecule has 0 amide bonds. The average Bonchev–Trinajstić information content (AvgIpc) is 2.65. The quantitative estimate of drug-likeness (QED) is 0.632. The number of alkyl halides is 3. The number of hydrogen-bond donors (Lipinski definition) is 1. The number of carbonyl (C=O) groups excluding carboxylic acids is 1. The molecular weight excluding hydrogens is 395 g/mol. The summed E-state index contributed by atoms with van der Waals surface area (Å²) in [6, 6.07) is 17.4. The largest absolute Gasteiger partial charge is 0.516 e. The fraction of sp³-hybridized carbons (Fsp3) is 0.105. The van der Waals surface area contributed by atoms with Gasteiger partial charge >= 0.3 is 21.5 Å². The van der Waals surface area contributed by atoms with Gasteiger partial charge < -0.3 is 4.74 Å². The second kappa shape index (κ2) is 7.51. The molecule has 28 heavy (non-hydrogen) atoms. The lowest BCUT2D eigenvalue weighted by Gasteiger charge is -2.11. The zero-order valence-corrected chi connectivity index (χ0v) is 15.0. The van der Waals surface area contributed by atoms with Crippen LogP contribution < -0.4 is 4.72 Å². The van der Waals surface area contributed by atoms with Crippen LogP contribution in [-0.4, -0.2) is 19.9 Å². The molecule has 3 aromatic rings. The Labute approximate surface area is 158 Å². The third kappa shape index (κ3) is 4.42. The first-order valence-corrected chi connectivity index (χ1v) is 9.48. The highest BCUT2D eigenvalue weighted by molar-refractivity contribution is 7.93. The highest BCUT2D eigenvalue weighted by Gasteiger charge is 2.46. The highest BCUT2D eigenvalue weighted by Crippen LogP contribution is 2.27. The van der Waals surface area contributed by atoms with Crippen molar-refractivity contribution in [3.63, 3.8) is 0 Å². The molecule has 0 aliphatic rings. The van der Waals surface area contributed by atoms with Crippen LogP contribution >= 0.6 is 0 Å². The zero-order chi connectivity index (χ0) is 20.4. The maximum atomic E-state index is 12.5. The third-order valence-corrected chi connectivity index (χ3v) is 4.96. The van der Waals surface area contributed by atoms with Crippen molar-refractivity contribution in [2.45, 2.75) is 12.1 Å². The SMILES string of the molecule is O=C(OCc1ccccc1)c1ccc2cc(NS(=O)(=O)C(F)(F)F)ccc2c1. The minimum atomic E-state index is -5.50. The van der Waals surface area contributed by atoms with Crippen molar-refractivity contribution in [1.82, 2.24) is 0 Å². The van der Waals surface area contributed by atoms with Crippen molar-refractivity contribution in [2.75, 3.05) is 4.72 Å². The highest BCUT2D eigenvalue weighted by atomic mass is 32.2. The van der Waals surface area contributed by atoms with Crippen LogP contribution in [0.25, 0.3) is 10.8 Å². The summed E-state index contributed by atoms with van der Waals surface area (Å²) >= 11 is 0. The van der Waals surface area contributed by atoms with Crippen LogP contribution in [0.1, 0.15) is 15.9 Å². The van der Waals surface area contributed by atoms with Crippen LogP contribution in [0.2, 0.25) is 0 Å². The van der Waals surface area contributed by atoms with Crippen molar-refractivity contribution in [3.05, 3.63) is 77.9 Å². The number of halogens is 3. The molecule has 0 aromatic heterocycles. The molecule has 0 unspecified atom stereocenters. The van der Waals surface area contributed by atoms with Gasteiger partial charge in [0.1, 0.15) is 6.61 Å².